The zero-order chi connectivity index (χ0) is 15.7. The van der Waals surface area contributed by atoms with E-state index in [1.165, 1.54) is 0 Å². The fourth-order valence-corrected chi connectivity index (χ4v) is 3.09. The van der Waals surface area contributed by atoms with Gasteiger partial charge in [-0.1, -0.05) is 34.6 Å². The molecule has 5 heteroatoms. The van der Waals surface area contributed by atoms with Crippen molar-refractivity contribution in [3.8, 4) is 0 Å². The van der Waals surface area contributed by atoms with Gasteiger partial charge < -0.3 is 16.2 Å². The average molecular weight is 284 g/mol. The van der Waals surface area contributed by atoms with E-state index in [0.717, 1.165) is 12.8 Å². The minimum atomic E-state index is -0.980. The largest absolute Gasteiger partial charge is 0.480 e. The number of carboxylic acids is 1. The first-order valence-electron chi connectivity index (χ1n) is 7.37. The molecule has 1 rings (SSSR count). The molecule has 0 saturated heterocycles. The SMILES string of the molecule is CC(C)C(NC(=O)C1CCC(N)C(C)C1(C)C)C(=O)O. The zero-order valence-electron chi connectivity index (χ0n) is 13.1. The predicted molar refractivity (Wildman–Crippen MR) is 78.0 cm³/mol. The van der Waals surface area contributed by atoms with Crippen molar-refractivity contribution in [1.82, 2.24) is 5.32 Å². The third-order valence-corrected chi connectivity index (χ3v) is 5.05. The van der Waals surface area contributed by atoms with E-state index in [1.54, 1.807) is 13.8 Å². The quantitative estimate of drug-likeness (QED) is 0.731. The van der Waals surface area contributed by atoms with E-state index < -0.39 is 12.0 Å². The number of hydrogen-bond acceptors (Lipinski definition) is 3. The second-order valence-corrected chi connectivity index (χ2v) is 6.97. The number of nitrogens with two attached hydrogens (primary N) is 1. The summed E-state index contributed by atoms with van der Waals surface area (Å²) >= 11 is 0. The summed E-state index contributed by atoms with van der Waals surface area (Å²) in [7, 11) is 0. The van der Waals surface area contributed by atoms with Gasteiger partial charge in [0.25, 0.3) is 0 Å². The number of aliphatic carboxylic acids is 1. The zero-order valence-corrected chi connectivity index (χ0v) is 13.1. The first-order valence-corrected chi connectivity index (χ1v) is 7.37. The smallest absolute Gasteiger partial charge is 0.326 e. The number of carboxylic acid groups (broad SMARTS) is 1. The van der Waals surface area contributed by atoms with Gasteiger partial charge in [-0.3, -0.25) is 4.79 Å². The molecule has 5 nitrogen and oxygen atoms in total. The van der Waals surface area contributed by atoms with E-state index in [1.807, 2.05) is 13.8 Å². The van der Waals surface area contributed by atoms with Crippen LogP contribution in [0.2, 0.25) is 0 Å². The van der Waals surface area contributed by atoms with E-state index in [2.05, 4.69) is 12.2 Å². The minimum Gasteiger partial charge on any atom is -0.480 e. The summed E-state index contributed by atoms with van der Waals surface area (Å²) in [6.07, 6.45) is 1.52. The Bertz CT molecular complexity index is 379. The van der Waals surface area contributed by atoms with Crippen LogP contribution in [0.1, 0.15) is 47.5 Å². The van der Waals surface area contributed by atoms with Gasteiger partial charge in [0.2, 0.25) is 5.91 Å². The van der Waals surface area contributed by atoms with Crippen LogP contribution in [0.4, 0.5) is 0 Å². The molecule has 1 saturated carbocycles. The Labute approximate surface area is 121 Å². The molecule has 0 heterocycles. The van der Waals surface area contributed by atoms with Gasteiger partial charge in [0, 0.05) is 12.0 Å². The van der Waals surface area contributed by atoms with Crippen molar-refractivity contribution in [1.29, 1.82) is 0 Å². The van der Waals surface area contributed by atoms with Crippen molar-refractivity contribution in [2.45, 2.75) is 59.5 Å². The summed E-state index contributed by atoms with van der Waals surface area (Å²) in [5, 5.41) is 11.9. The molecule has 4 unspecified atom stereocenters. The lowest BCUT2D eigenvalue weighted by Gasteiger charge is -2.46. The third-order valence-electron chi connectivity index (χ3n) is 5.05. The van der Waals surface area contributed by atoms with Crippen molar-refractivity contribution in [3.63, 3.8) is 0 Å². The molecule has 1 aliphatic rings. The fraction of sp³-hybridized carbons (Fsp3) is 0.867. The Hall–Kier alpha value is -1.10. The van der Waals surface area contributed by atoms with Gasteiger partial charge in [-0.05, 0) is 30.1 Å². The normalized spacial score (nSPS) is 30.9. The van der Waals surface area contributed by atoms with Crippen LogP contribution in [-0.4, -0.2) is 29.1 Å². The number of nitrogens with one attached hydrogen (secondary N) is 1. The van der Waals surface area contributed by atoms with E-state index in [-0.39, 0.29) is 35.1 Å². The molecule has 0 aromatic heterocycles. The molecule has 20 heavy (non-hydrogen) atoms. The van der Waals surface area contributed by atoms with Crippen molar-refractivity contribution in [3.05, 3.63) is 0 Å². The van der Waals surface area contributed by atoms with Crippen LogP contribution in [0.3, 0.4) is 0 Å². The lowest BCUT2D eigenvalue weighted by Crippen LogP contribution is -2.54. The monoisotopic (exact) mass is 284 g/mol. The molecule has 1 fully saturated rings. The lowest BCUT2D eigenvalue weighted by atomic mass is 9.61. The average Bonchev–Trinajstić information content (AvgIpc) is 2.32. The Morgan fingerprint density at radius 2 is 1.85 bits per heavy atom. The summed E-state index contributed by atoms with van der Waals surface area (Å²) in [6, 6.07) is -0.723. The predicted octanol–water partition coefficient (Wildman–Crippen LogP) is 1.61. The Kier molecular flexibility index (Phi) is 5.19. The third kappa shape index (κ3) is 3.32. The van der Waals surface area contributed by atoms with Gasteiger partial charge in [-0.15, -0.1) is 0 Å². The molecule has 116 valence electrons. The Morgan fingerprint density at radius 3 is 2.30 bits per heavy atom. The van der Waals surface area contributed by atoms with Gasteiger partial charge in [-0.2, -0.15) is 0 Å². The van der Waals surface area contributed by atoms with Gasteiger partial charge in [-0.25, -0.2) is 4.79 Å². The van der Waals surface area contributed by atoms with Crippen molar-refractivity contribution < 1.29 is 14.7 Å². The molecular weight excluding hydrogens is 256 g/mol. The van der Waals surface area contributed by atoms with E-state index >= 15 is 0 Å². The molecule has 0 aliphatic heterocycles. The summed E-state index contributed by atoms with van der Waals surface area (Å²) in [5.74, 6) is -1.23. The number of carbonyl (C=O) groups excluding carboxylic acids is 1. The molecule has 0 aromatic rings. The molecule has 0 bridgehead atoms. The van der Waals surface area contributed by atoms with Crippen molar-refractivity contribution >= 4 is 11.9 Å². The second-order valence-electron chi connectivity index (χ2n) is 6.97. The first-order chi connectivity index (χ1) is 9.09. The summed E-state index contributed by atoms with van der Waals surface area (Å²) in [6.45, 7) is 9.76. The maximum Gasteiger partial charge on any atom is 0.326 e. The number of hydrogen-bond donors (Lipinski definition) is 3. The number of amides is 1. The second kappa shape index (κ2) is 6.12. The van der Waals surface area contributed by atoms with Gasteiger partial charge >= 0.3 is 5.97 Å². The number of carbonyl (C=O) groups is 2. The van der Waals surface area contributed by atoms with Crippen LogP contribution in [-0.2, 0) is 9.59 Å². The minimum absolute atomic E-state index is 0.106. The summed E-state index contributed by atoms with van der Waals surface area (Å²) in [4.78, 5) is 23.7. The standard InChI is InChI=1S/C15H28N2O3/c1-8(2)12(14(19)20)17-13(18)10-6-7-11(16)9(3)15(10,4)5/h8-12H,6-7,16H2,1-5H3,(H,17,18)(H,19,20). The van der Waals surface area contributed by atoms with Gasteiger partial charge in [0.1, 0.15) is 6.04 Å². The topological polar surface area (TPSA) is 92.4 Å². The molecule has 1 amide bonds. The van der Waals surface area contributed by atoms with Crippen LogP contribution in [0.25, 0.3) is 0 Å². The Balaban J connectivity index is 2.84. The van der Waals surface area contributed by atoms with E-state index in [0.29, 0.717) is 0 Å². The van der Waals surface area contributed by atoms with Crippen LogP contribution in [0.15, 0.2) is 0 Å². The van der Waals surface area contributed by atoms with Crippen molar-refractivity contribution in [2.24, 2.45) is 28.9 Å². The highest BCUT2D eigenvalue weighted by Crippen LogP contribution is 2.44. The highest BCUT2D eigenvalue weighted by atomic mass is 16.4. The number of rotatable bonds is 4. The molecule has 4 atom stereocenters. The van der Waals surface area contributed by atoms with E-state index in [4.69, 9.17) is 5.73 Å². The highest BCUT2D eigenvalue weighted by molar-refractivity contribution is 5.85. The van der Waals surface area contributed by atoms with Crippen LogP contribution >= 0.6 is 0 Å². The van der Waals surface area contributed by atoms with Gasteiger partial charge in [0.15, 0.2) is 0 Å². The Morgan fingerprint density at radius 1 is 1.30 bits per heavy atom. The molecule has 0 spiro atoms. The summed E-state index contributed by atoms with van der Waals surface area (Å²) < 4.78 is 0. The lowest BCUT2D eigenvalue weighted by molar-refractivity contribution is -0.145. The van der Waals surface area contributed by atoms with Crippen LogP contribution in [0.5, 0.6) is 0 Å². The van der Waals surface area contributed by atoms with Crippen LogP contribution in [0, 0.1) is 23.2 Å². The summed E-state index contributed by atoms with van der Waals surface area (Å²) in [5.41, 5.74) is 5.87. The van der Waals surface area contributed by atoms with E-state index in [9.17, 15) is 14.7 Å². The maximum absolute atomic E-state index is 12.5. The molecule has 0 radical (unpaired) electrons. The van der Waals surface area contributed by atoms with Crippen LogP contribution < -0.4 is 11.1 Å². The first kappa shape index (κ1) is 17.0. The molecule has 4 N–H and O–H groups in total. The molecule has 1 aliphatic carbocycles. The van der Waals surface area contributed by atoms with Crippen molar-refractivity contribution in [2.75, 3.05) is 0 Å². The fourth-order valence-electron chi connectivity index (χ4n) is 3.09. The van der Waals surface area contributed by atoms with Gasteiger partial charge in [0.05, 0.1) is 0 Å². The molecular formula is C15H28N2O3. The maximum atomic E-state index is 12.5. The highest BCUT2D eigenvalue weighted by Gasteiger charge is 2.45. The molecule has 0 aromatic carbocycles.